The summed E-state index contributed by atoms with van der Waals surface area (Å²) in [5.41, 5.74) is 25.7. The molecule has 0 aliphatic rings. The van der Waals surface area contributed by atoms with Crippen LogP contribution in [0.5, 0.6) is 11.5 Å². The van der Waals surface area contributed by atoms with E-state index in [1.807, 2.05) is 0 Å². The molecule has 6 aromatic rings. The standard InChI is InChI=1S/C81H112N20O22S2/c1-43(103)69(101-78(119)63(39-102)99-79(120)64(41-124)90-44(2)104)81(122)98-62(35-48-37-88-54-13-6-4-11-52(48)54)77(118)93-57(24-25-68(109)110)73(114)100-65(42-125)80(121)96-60(33-46-18-22-50(106)23-19-46)75(116)97-61(34-47-36-87-53-12-5-3-10-51(47)53)76(117)92-56(15-9-28-83)72(113)94-58(26-29-84)74(115)95-59(32-45-16-20-49(105)21-17-45)71(112)89-38-66(107)86-30-31-123-40-67(108)91-55(70(85)111)14-7-8-27-82/h3-6,10-13,16-23,36-37,43,55-65,69,87-88,102-103,105-106,124-125H,7-9,14-15,24-35,38-42,82-84H2,1-2H3,(H2,85,111)(H,86,107)(H,89,112)(H,90,104)(H,91,108)(H,92,117)(H,93,118)(H,94,113)(H,95,115)(H,96,121)(H,97,116)(H,98,122)(H,99,120)(H,100,114)(H,101,119)(H,109,110)/t43-,55-,56+,57+,58+,59+,60+,61+,62+,63+,64+,65+,69+/m1/s1. The number of aromatic amines is 2. The Labute approximate surface area is 729 Å². The predicted molar refractivity (Wildman–Crippen MR) is 461 cm³/mol. The van der Waals surface area contributed by atoms with Gasteiger partial charge in [0.05, 0.1) is 25.9 Å². The van der Waals surface area contributed by atoms with E-state index in [0.29, 0.717) is 63.4 Å². The number of aliphatic carboxylic acids is 1. The van der Waals surface area contributed by atoms with Crippen molar-refractivity contribution in [3.63, 3.8) is 0 Å². The van der Waals surface area contributed by atoms with Crippen molar-refractivity contribution in [3.05, 3.63) is 132 Å². The van der Waals surface area contributed by atoms with Crippen LogP contribution >= 0.6 is 25.3 Å². The number of nitrogens with one attached hydrogen (secondary N) is 16. The highest BCUT2D eigenvalue weighted by molar-refractivity contribution is 7.80. The summed E-state index contributed by atoms with van der Waals surface area (Å²) in [5, 5.41) is 87.4. The third kappa shape index (κ3) is 33.6. The summed E-state index contributed by atoms with van der Waals surface area (Å²) in [4.78, 5) is 226. The molecule has 15 amide bonds. The first-order valence-corrected chi connectivity index (χ1v) is 41.5. The number of aliphatic hydroxyl groups excluding tert-OH is 2. The lowest BCUT2D eigenvalue weighted by Crippen LogP contribution is -2.62. The Hall–Kier alpha value is -12.5. The number of fused-ring (bicyclic) bond motifs is 2. The average molecular weight is 1780 g/mol. The number of phenolic OH excluding ortho intramolecular Hbond substituents is 2. The molecule has 6 rings (SSSR count). The number of H-pyrrole nitrogens is 2. The molecule has 0 saturated heterocycles. The molecule has 680 valence electrons. The SMILES string of the molecule is CC(=O)N[C@@H](CS)C(=O)N[C@@H](CO)C(=O)N[C@H](C(=O)N[C@@H](Cc1c[nH]c2ccccc12)C(=O)N[C@@H](CCC(=O)O)C(=O)N[C@@H](CS)C(=O)N[C@@H](Cc1ccc(O)cc1)C(=O)N[C@@H](Cc1c[nH]c2ccccc12)C(=O)N[C@@H](CCCN)C(=O)N[C@@H](CCN)C(=O)N[C@@H](Cc1ccc(O)cc1)C(=O)NCC(=O)NCCOCC(=O)N[C@H](CCCCN)C(N)=O)[C@@H](C)O. The number of benzene rings is 4. The van der Waals surface area contributed by atoms with Crippen LogP contribution in [-0.2, 0) is 107 Å². The molecule has 42 nitrogen and oxygen atoms in total. The first-order chi connectivity index (χ1) is 59.7. The molecule has 0 bridgehead atoms. The van der Waals surface area contributed by atoms with E-state index >= 15 is 9.59 Å². The monoisotopic (exact) mass is 1780 g/mol. The molecule has 0 fully saturated rings. The molecule has 125 heavy (non-hydrogen) atoms. The normalized spacial score (nSPS) is 14.3. The molecule has 2 heterocycles. The van der Waals surface area contributed by atoms with Crippen molar-refractivity contribution < 1.29 is 107 Å². The van der Waals surface area contributed by atoms with E-state index in [4.69, 9.17) is 27.7 Å². The molecule has 0 unspecified atom stereocenters. The van der Waals surface area contributed by atoms with Gasteiger partial charge in [-0.25, -0.2) is 0 Å². The average Bonchev–Trinajstić information content (AvgIpc) is 1.71. The van der Waals surface area contributed by atoms with Crippen molar-refractivity contribution in [2.24, 2.45) is 22.9 Å². The number of ether oxygens (including phenoxy) is 1. The second kappa shape index (κ2) is 52.2. The molecule has 0 aliphatic carbocycles. The van der Waals surface area contributed by atoms with Crippen LogP contribution in [0.2, 0.25) is 0 Å². The number of phenols is 2. The summed E-state index contributed by atoms with van der Waals surface area (Å²) < 4.78 is 5.33. The zero-order valence-electron chi connectivity index (χ0n) is 68.8. The van der Waals surface area contributed by atoms with Gasteiger partial charge >= 0.3 is 5.97 Å². The molecule has 44 heteroatoms. The number of carbonyl (C=O) groups is 16. The van der Waals surface area contributed by atoms with Gasteiger partial charge in [0.2, 0.25) is 88.6 Å². The van der Waals surface area contributed by atoms with Crippen LogP contribution in [0, 0.1) is 0 Å². The summed E-state index contributed by atoms with van der Waals surface area (Å²) in [6.07, 6.45) is -0.312. The summed E-state index contributed by atoms with van der Waals surface area (Å²) in [6.45, 7) is -0.0618. The zero-order chi connectivity index (χ0) is 91.8. The number of carboxylic acid groups (broad SMARTS) is 1. The van der Waals surface area contributed by atoms with E-state index in [0.717, 1.165) is 13.8 Å². The lowest BCUT2D eigenvalue weighted by Gasteiger charge is -2.28. The Kier molecular flexibility index (Phi) is 42.3. The zero-order valence-corrected chi connectivity index (χ0v) is 70.6. The number of thiol groups is 2. The molecule has 29 N–H and O–H groups in total. The van der Waals surface area contributed by atoms with Crippen LogP contribution in [0.3, 0.4) is 0 Å². The molecule has 13 atom stereocenters. The first-order valence-electron chi connectivity index (χ1n) is 40.2. The van der Waals surface area contributed by atoms with Crippen LogP contribution in [-0.4, -0.2) is 273 Å². The van der Waals surface area contributed by atoms with Gasteiger partial charge in [-0.05, 0) is 130 Å². The molecular weight excluding hydrogens is 1670 g/mol. The van der Waals surface area contributed by atoms with Crippen LogP contribution in [0.4, 0.5) is 0 Å². The van der Waals surface area contributed by atoms with E-state index in [-0.39, 0.29) is 94.9 Å². The van der Waals surface area contributed by atoms with Crippen LogP contribution in [0.25, 0.3) is 21.8 Å². The van der Waals surface area contributed by atoms with Crippen LogP contribution < -0.4 is 97.4 Å². The van der Waals surface area contributed by atoms with Gasteiger partial charge in [0.1, 0.15) is 90.6 Å². The molecule has 4 aromatic carbocycles. The van der Waals surface area contributed by atoms with Crippen molar-refractivity contribution in [3.8, 4) is 11.5 Å². The fourth-order valence-electron chi connectivity index (χ4n) is 12.9. The van der Waals surface area contributed by atoms with E-state index in [2.05, 4.69) is 110 Å². The topological polar surface area (TPSA) is 688 Å². The number of aromatic nitrogens is 2. The van der Waals surface area contributed by atoms with Gasteiger partial charge in [-0.3, -0.25) is 76.7 Å². The van der Waals surface area contributed by atoms with Crippen molar-refractivity contribution >= 4 is 142 Å². The predicted octanol–water partition coefficient (Wildman–Crippen LogP) is -5.78. The number of amides is 15. The minimum absolute atomic E-state index is 0.0215. The van der Waals surface area contributed by atoms with Gasteiger partial charge in [-0.1, -0.05) is 60.7 Å². The fraction of sp³-hybridized carbons (Fsp3) is 0.457. The van der Waals surface area contributed by atoms with Crippen molar-refractivity contribution in [1.82, 2.24) is 84.4 Å². The Morgan fingerprint density at radius 3 is 1.30 bits per heavy atom. The number of nitrogens with two attached hydrogens (primary N) is 4. The lowest BCUT2D eigenvalue weighted by molar-refractivity contribution is -0.139. The summed E-state index contributed by atoms with van der Waals surface area (Å²) in [5.74, 6) is -16.9. The Balaban J connectivity index is 1.22. The maximum atomic E-state index is 15.2. The van der Waals surface area contributed by atoms with Crippen molar-refractivity contribution in [1.29, 1.82) is 0 Å². The number of hydrogen-bond acceptors (Lipinski definition) is 26. The third-order valence-corrected chi connectivity index (χ3v) is 20.3. The molecule has 0 radical (unpaired) electrons. The minimum atomic E-state index is -1.93. The van der Waals surface area contributed by atoms with Gasteiger partial charge in [0.15, 0.2) is 0 Å². The van der Waals surface area contributed by atoms with Gasteiger partial charge in [0, 0.05) is 91.3 Å². The fourth-order valence-corrected chi connectivity index (χ4v) is 13.4. The van der Waals surface area contributed by atoms with E-state index in [1.165, 1.54) is 54.7 Å². The number of aliphatic hydroxyl groups is 2. The molecule has 0 aliphatic heterocycles. The first kappa shape index (κ1) is 101. The second-order valence-corrected chi connectivity index (χ2v) is 30.0. The number of para-hydroxylation sites is 2. The minimum Gasteiger partial charge on any atom is -0.508 e. The van der Waals surface area contributed by atoms with Crippen LogP contribution in [0.15, 0.2) is 109 Å². The maximum Gasteiger partial charge on any atom is 0.303 e. The molecular formula is C81H112N20O22S2. The number of carboxylic acids is 1. The Bertz CT molecular complexity index is 4670. The lowest BCUT2D eigenvalue weighted by atomic mass is 10.0. The van der Waals surface area contributed by atoms with Gasteiger partial charge < -0.3 is 138 Å². The smallest absolute Gasteiger partial charge is 0.303 e. The highest BCUT2D eigenvalue weighted by Gasteiger charge is 2.39. The molecule has 0 spiro atoms. The largest absolute Gasteiger partial charge is 0.508 e. The third-order valence-electron chi connectivity index (χ3n) is 19.6. The van der Waals surface area contributed by atoms with E-state index < -0.39 is 212 Å². The summed E-state index contributed by atoms with van der Waals surface area (Å²) >= 11 is 8.40. The van der Waals surface area contributed by atoms with E-state index in [1.54, 1.807) is 54.7 Å². The van der Waals surface area contributed by atoms with Crippen LogP contribution in [0.1, 0.15) is 87.5 Å². The summed E-state index contributed by atoms with van der Waals surface area (Å²) in [6, 6.07) is 5.69. The second-order valence-electron chi connectivity index (χ2n) is 29.3. The Morgan fingerprint density at radius 1 is 0.432 bits per heavy atom. The molecule has 0 saturated carbocycles. The number of aromatic hydroxyl groups is 2. The maximum absolute atomic E-state index is 15.2. The van der Waals surface area contributed by atoms with Gasteiger partial charge in [-0.15, -0.1) is 0 Å². The number of rotatable bonds is 55. The quantitative estimate of drug-likeness (QED) is 0.0125. The van der Waals surface area contributed by atoms with Gasteiger partial charge in [0.25, 0.3) is 0 Å². The number of hydrogen-bond donors (Lipinski definition) is 27. The Morgan fingerprint density at radius 2 is 0.840 bits per heavy atom. The molecule has 2 aromatic heterocycles. The highest BCUT2D eigenvalue weighted by Crippen LogP contribution is 2.23. The summed E-state index contributed by atoms with van der Waals surface area (Å²) in [7, 11) is 0. The number of unbranched alkanes of at least 4 members (excludes halogenated alkanes) is 1. The van der Waals surface area contributed by atoms with Gasteiger partial charge in [-0.2, -0.15) is 25.3 Å². The van der Waals surface area contributed by atoms with Crippen molar-refractivity contribution in [2.75, 3.05) is 64.1 Å². The highest BCUT2D eigenvalue weighted by atomic mass is 32.1. The number of primary amides is 1. The van der Waals surface area contributed by atoms with Crippen molar-refractivity contribution in [2.45, 2.75) is 170 Å². The van der Waals surface area contributed by atoms with E-state index in [9.17, 15) is 92.7 Å². The number of carbonyl (C=O) groups excluding carboxylic acids is 15.